The van der Waals surface area contributed by atoms with E-state index < -0.39 is 70.7 Å². The SMILES string of the molecule is CCCCCCCC/C=C\CCCCCCCC(=O)O[C@]12[C@H]3[C@@H](OC(=O)c4ccccc4)[C@](O)(C[C@H]3[C@@]34C5[C@@H]1[C@H](OC)[C@@H]3[C@@](COC)(CC[C@@H]4OC)CN5C)[C@@H](OC)[C@@H]2O. The number of carbonyl (C=O) groups is 2. The van der Waals surface area contributed by atoms with Gasteiger partial charge in [-0.3, -0.25) is 4.79 Å². The van der Waals surface area contributed by atoms with Crippen LogP contribution in [0, 0.1) is 34.5 Å². The number of aliphatic hydroxyl groups is 2. The van der Waals surface area contributed by atoms with Crippen molar-refractivity contribution in [3.05, 3.63) is 48.0 Å². The molecule has 1 aliphatic heterocycles. The smallest absolute Gasteiger partial charge is 0.338 e. The van der Waals surface area contributed by atoms with Crippen LogP contribution in [-0.2, 0) is 33.2 Å². The second-order valence-electron chi connectivity index (χ2n) is 19.4. The van der Waals surface area contributed by atoms with Gasteiger partial charge in [0.2, 0.25) is 0 Å². The summed E-state index contributed by atoms with van der Waals surface area (Å²) in [6.07, 6.45) is 17.1. The summed E-state index contributed by atoms with van der Waals surface area (Å²) in [4.78, 5) is 30.9. The molecule has 336 valence electrons. The predicted molar refractivity (Wildman–Crippen MR) is 228 cm³/mol. The normalized spacial score (nSPS) is 39.9. The minimum absolute atomic E-state index is 0.113. The van der Waals surface area contributed by atoms with Crippen molar-refractivity contribution < 1.29 is 48.2 Å². The number of unbranched alkanes of at least 4 members (excludes halogenated alkanes) is 11. The van der Waals surface area contributed by atoms with E-state index in [4.69, 9.17) is 28.4 Å². The van der Waals surface area contributed by atoms with Crippen LogP contribution < -0.4 is 0 Å². The molecule has 1 aromatic rings. The Bertz CT molecular complexity index is 1630. The fraction of sp³-hybridized carbons (Fsp3) is 0.796. The second kappa shape index (κ2) is 19.2. The van der Waals surface area contributed by atoms with E-state index in [-0.39, 0.29) is 36.3 Å². The van der Waals surface area contributed by atoms with Crippen molar-refractivity contribution in [2.75, 3.05) is 48.6 Å². The van der Waals surface area contributed by atoms with Gasteiger partial charge in [-0.25, -0.2) is 4.79 Å². The lowest BCUT2D eigenvalue weighted by Gasteiger charge is -2.69. The summed E-state index contributed by atoms with van der Waals surface area (Å²) in [6.45, 7) is 3.49. The number of benzene rings is 1. The molecule has 0 amide bonds. The summed E-state index contributed by atoms with van der Waals surface area (Å²) < 4.78 is 38.8. The quantitative estimate of drug-likeness (QED) is 0.0654. The Morgan fingerprint density at radius 2 is 1.52 bits per heavy atom. The highest BCUT2D eigenvalue weighted by atomic mass is 16.6. The average Bonchev–Trinajstić information content (AvgIpc) is 3.64. The van der Waals surface area contributed by atoms with Gasteiger partial charge in [0, 0.05) is 76.0 Å². The maximum atomic E-state index is 14.5. The van der Waals surface area contributed by atoms with Gasteiger partial charge >= 0.3 is 11.9 Å². The van der Waals surface area contributed by atoms with Gasteiger partial charge in [-0.05, 0) is 76.5 Å². The molecule has 6 aliphatic rings. The molecule has 5 saturated carbocycles. The molecule has 5 aliphatic carbocycles. The number of piperidine rings is 1. The van der Waals surface area contributed by atoms with E-state index >= 15 is 0 Å². The fourth-order valence-electron chi connectivity index (χ4n) is 14.6. The van der Waals surface area contributed by atoms with Crippen LogP contribution in [0.25, 0.3) is 0 Å². The number of rotatable bonds is 23. The molecule has 1 unspecified atom stereocenters. The van der Waals surface area contributed by atoms with Gasteiger partial charge in [0.25, 0.3) is 0 Å². The molecule has 0 aromatic heterocycles. The van der Waals surface area contributed by atoms with Gasteiger partial charge in [-0.2, -0.15) is 0 Å². The van der Waals surface area contributed by atoms with Crippen molar-refractivity contribution in [1.29, 1.82) is 0 Å². The number of fused-ring (bicyclic) bond motifs is 2. The van der Waals surface area contributed by atoms with Gasteiger partial charge < -0.3 is 43.5 Å². The Morgan fingerprint density at radius 3 is 2.15 bits per heavy atom. The summed E-state index contributed by atoms with van der Waals surface area (Å²) in [5.74, 6) is -2.82. The first kappa shape index (κ1) is 45.6. The van der Waals surface area contributed by atoms with E-state index in [1.54, 1.807) is 45.6 Å². The predicted octanol–water partition coefficient (Wildman–Crippen LogP) is 7.30. The zero-order valence-electron chi connectivity index (χ0n) is 37.4. The third-order valence-corrected chi connectivity index (χ3v) is 16.4. The van der Waals surface area contributed by atoms with Gasteiger partial charge in [0.05, 0.1) is 24.4 Å². The molecule has 7 rings (SSSR count). The summed E-state index contributed by atoms with van der Waals surface area (Å²) >= 11 is 0. The Morgan fingerprint density at radius 1 is 0.850 bits per heavy atom. The number of methoxy groups -OCH3 is 4. The second-order valence-corrected chi connectivity index (χ2v) is 19.4. The summed E-state index contributed by atoms with van der Waals surface area (Å²) in [5, 5.41) is 26.0. The summed E-state index contributed by atoms with van der Waals surface area (Å²) in [6, 6.07) is 8.51. The molecule has 1 saturated heterocycles. The highest BCUT2D eigenvalue weighted by Gasteiger charge is 2.91. The molecule has 6 fully saturated rings. The van der Waals surface area contributed by atoms with Crippen molar-refractivity contribution >= 4 is 11.9 Å². The van der Waals surface area contributed by atoms with Crippen molar-refractivity contribution in [3.63, 3.8) is 0 Å². The van der Waals surface area contributed by atoms with E-state index in [9.17, 15) is 19.8 Å². The molecule has 60 heavy (non-hydrogen) atoms. The third-order valence-electron chi connectivity index (χ3n) is 16.4. The fourth-order valence-corrected chi connectivity index (χ4v) is 14.6. The van der Waals surface area contributed by atoms with Gasteiger partial charge in [0.1, 0.15) is 23.9 Å². The topological polar surface area (TPSA) is 133 Å². The number of hydrogen-bond donors (Lipinski definition) is 2. The first-order chi connectivity index (χ1) is 29.1. The summed E-state index contributed by atoms with van der Waals surface area (Å²) in [7, 11) is 8.81. The Hall–Kier alpha value is -2.38. The molecule has 0 radical (unpaired) electrons. The monoisotopic (exact) mass is 838 g/mol. The van der Waals surface area contributed by atoms with Crippen LogP contribution in [0.4, 0.5) is 0 Å². The maximum absolute atomic E-state index is 14.5. The Kier molecular flexibility index (Phi) is 14.6. The Balaban J connectivity index is 1.16. The van der Waals surface area contributed by atoms with E-state index in [2.05, 4.69) is 31.0 Å². The highest BCUT2D eigenvalue weighted by Crippen LogP contribution is 2.80. The molecular weight excluding hydrogens is 763 g/mol. The minimum atomic E-state index is -1.78. The van der Waals surface area contributed by atoms with Gasteiger partial charge in [-0.15, -0.1) is 0 Å². The number of allylic oxidation sites excluding steroid dienone is 2. The van der Waals surface area contributed by atoms with E-state index in [1.165, 1.54) is 45.6 Å². The standard InChI is InChI=1S/C49H75NO10/c1-7-8-9-10-11-12-13-14-15-16-17-18-19-20-24-27-36(51)60-49-37-34(30-47(54,44(58-6)42(49)52)43(37)59-45(53)33-25-22-21-23-26-33)48-35(56-4)28-29-46(32-55-3)31-50(2)41(48)38(49)39(57-5)40(46)48/h14-15,21-23,25-26,34-35,37-44,52,54H,7-13,16-20,24,27-32H2,1-6H3/b15-14-/t34-,35+,37-,38+,39+,40-,41?,42+,43-,44+,46+,47-,48+,49-/m1/s1. The molecule has 1 heterocycles. The van der Waals surface area contributed by atoms with E-state index in [0.29, 0.717) is 18.6 Å². The number of hydrogen-bond acceptors (Lipinski definition) is 11. The number of aliphatic hydroxyl groups excluding tert-OH is 1. The lowest BCUT2D eigenvalue weighted by Crippen LogP contribution is -2.80. The van der Waals surface area contributed by atoms with Gasteiger partial charge in [0.15, 0.2) is 5.60 Å². The molecule has 11 nitrogen and oxygen atoms in total. The molecular formula is C49H75NO10. The molecule has 1 spiro atoms. The van der Waals surface area contributed by atoms with Crippen molar-refractivity contribution in [2.45, 2.75) is 164 Å². The average molecular weight is 838 g/mol. The third kappa shape index (κ3) is 7.41. The van der Waals surface area contributed by atoms with Crippen LogP contribution in [0.1, 0.15) is 126 Å². The largest absolute Gasteiger partial charge is 0.455 e. The first-order valence-electron chi connectivity index (χ1n) is 23.4. The number of esters is 2. The number of carbonyl (C=O) groups excluding carboxylic acids is 2. The van der Waals surface area contributed by atoms with E-state index in [0.717, 1.165) is 57.9 Å². The number of ether oxygens (including phenoxy) is 6. The van der Waals surface area contributed by atoms with Crippen LogP contribution in [0.15, 0.2) is 42.5 Å². The highest BCUT2D eigenvalue weighted by molar-refractivity contribution is 5.89. The molecule has 11 heteroatoms. The molecule has 14 atom stereocenters. The van der Waals surface area contributed by atoms with Crippen LogP contribution in [-0.4, -0.2) is 123 Å². The first-order valence-corrected chi connectivity index (χ1v) is 23.4. The van der Waals surface area contributed by atoms with E-state index in [1.807, 2.05) is 6.07 Å². The minimum Gasteiger partial charge on any atom is -0.455 e. The van der Waals surface area contributed by atoms with Crippen molar-refractivity contribution in [2.24, 2.45) is 34.5 Å². The number of likely N-dealkylation sites (tertiary alicyclic amines) is 1. The maximum Gasteiger partial charge on any atom is 0.338 e. The van der Waals surface area contributed by atoms with Crippen LogP contribution in [0.3, 0.4) is 0 Å². The molecule has 1 aromatic carbocycles. The molecule has 2 N–H and O–H groups in total. The summed E-state index contributed by atoms with van der Waals surface area (Å²) in [5.41, 5.74) is -3.99. The lowest BCUT2D eigenvalue weighted by atomic mass is 9.43. The zero-order valence-corrected chi connectivity index (χ0v) is 37.4. The lowest BCUT2D eigenvalue weighted by molar-refractivity contribution is -0.317. The zero-order chi connectivity index (χ0) is 42.7. The van der Waals surface area contributed by atoms with Crippen LogP contribution >= 0.6 is 0 Å². The van der Waals surface area contributed by atoms with Crippen molar-refractivity contribution in [3.8, 4) is 0 Å². The van der Waals surface area contributed by atoms with Gasteiger partial charge in [-0.1, -0.05) is 88.6 Å². The molecule has 7 bridgehead atoms. The van der Waals surface area contributed by atoms with Crippen LogP contribution in [0.5, 0.6) is 0 Å². The van der Waals surface area contributed by atoms with Crippen LogP contribution in [0.2, 0.25) is 0 Å². The Labute approximate surface area is 359 Å². The van der Waals surface area contributed by atoms with Crippen molar-refractivity contribution in [1.82, 2.24) is 4.90 Å². The number of nitrogens with zero attached hydrogens (tertiary/aromatic N) is 1.